The maximum absolute atomic E-state index is 4.74. The molecular formula is C17H33N3. The van der Waals surface area contributed by atoms with Crippen molar-refractivity contribution in [3.63, 3.8) is 0 Å². The zero-order chi connectivity index (χ0) is 14.4. The van der Waals surface area contributed by atoms with Crippen LogP contribution < -0.4 is 0 Å². The van der Waals surface area contributed by atoms with Gasteiger partial charge in [-0.2, -0.15) is 10.2 Å². The van der Waals surface area contributed by atoms with E-state index >= 15 is 0 Å². The second-order valence-corrected chi connectivity index (χ2v) is 6.76. The maximum atomic E-state index is 4.74. The van der Waals surface area contributed by atoms with Crippen LogP contribution in [0.15, 0.2) is 10.2 Å². The van der Waals surface area contributed by atoms with Gasteiger partial charge in [0.25, 0.3) is 0 Å². The monoisotopic (exact) mass is 279 g/mol. The molecule has 2 saturated carbocycles. The van der Waals surface area contributed by atoms with Crippen LogP contribution in [0.1, 0.15) is 72.1 Å². The van der Waals surface area contributed by atoms with Crippen molar-refractivity contribution < 1.29 is 0 Å². The molecule has 0 amide bonds. The van der Waals surface area contributed by atoms with E-state index in [0.717, 1.165) is 6.04 Å². The number of hydrogen-bond acceptors (Lipinski definition) is 3. The van der Waals surface area contributed by atoms with E-state index in [9.17, 15) is 0 Å². The Labute approximate surface area is 125 Å². The molecule has 0 radical (unpaired) electrons. The molecule has 0 aromatic carbocycles. The summed E-state index contributed by atoms with van der Waals surface area (Å²) in [5, 5.41) is 9.42. The minimum Gasteiger partial charge on any atom is -0.301 e. The van der Waals surface area contributed by atoms with E-state index in [0.29, 0.717) is 18.0 Å². The molecule has 2 fully saturated rings. The molecular weight excluding hydrogens is 246 g/mol. The van der Waals surface area contributed by atoms with Crippen molar-refractivity contribution >= 4 is 0 Å². The van der Waals surface area contributed by atoms with Gasteiger partial charge in [0, 0.05) is 6.04 Å². The van der Waals surface area contributed by atoms with Crippen LogP contribution in [0.2, 0.25) is 0 Å². The van der Waals surface area contributed by atoms with Gasteiger partial charge in [-0.3, -0.25) is 0 Å². The molecule has 3 nitrogen and oxygen atoms in total. The summed E-state index contributed by atoms with van der Waals surface area (Å²) in [5.41, 5.74) is 0. The highest BCUT2D eigenvalue weighted by Gasteiger charge is 2.30. The first-order valence-electron chi connectivity index (χ1n) is 8.88. The second kappa shape index (κ2) is 8.11. The molecule has 3 heteroatoms. The second-order valence-electron chi connectivity index (χ2n) is 6.76. The molecule has 2 aliphatic rings. The van der Waals surface area contributed by atoms with Crippen LogP contribution in [-0.4, -0.2) is 36.1 Å². The molecule has 116 valence electrons. The number of rotatable bonds is 5. The first-order chi connectivity index (χ1) is 9.74. The highest BCUT2D eigenvalue weighted by atomic mass is 15.2. The van der Waals surface area contributed by atoms with Crippen molar-refractivity contribution in [2.75, 3.05) is 13.1 Å². The van der Waals surface area contributed by atoms with Crippen LogP contribution >= 0.6 is 0 Å². The smallest absolute Gasteiger partial charge is 0.0735 e. The molecule has 3 unspecified atom stereocenters. The molecule has 3 atom stereocenters. The van der Waals surface area contributed by atoms with Crippen LogP contribution in [0.4, 0.5) is 0 Å². The third-order valence-corrected chi connectivity index (χ3v) is 5.38. The number of nitrogens with zero attached hydrogens (tertiary/aromatic N) is 3. The van der Waals surface area contributed by atoms with Gasteiger partial charge < -0.3 is 4.90 Å². The Morgan fingerprint density at radius 2 is 1.60 bits per heavy atom. The minimum atomic E-state index is 0.490. The Hall–Kier alpha value is -0.440. The van der Waals surface area contributed by atoms with E-state index in [1.807, 2.05) is 0 Å². The molecule has 0 heterocycles. The Morgan fingerprint density at radius 1 is 0.900 bits per heavy atom. The molecule has 0 aromatic rings. The minimum absolute atomic E-state index is 0.490. The lowest BCUT2D eigenvalue weighted by Gasteiger charge is -2.38. The van der Waals surface area contributed by atoms with E-state index < -0.39 is 0 Å². The molecule has 0 aliphatic heterocycles. The van der Waals surface area contributed by atoms with Crippen LogP contribution in [0.3, 0.4) is 0 Å². The quantitative estimate of drug-likeness (QED) is 0.672. The van der Waals surface area contributed by atoms with Gasteiger partial charge in [-0.15, -0.1) is 0 Å². The number of hydrogen-bond donors (Lipinski definition) is 0. The van der Waals surface area contributed by atoms with Crippen molar-refractivity contribution in [2.24, 2.45) is 16.1 Å². The predicted molar refractivity (Wildman–Crippen MR) is 85.2 cm³/mol. The summed E-state index contributed by atoms with van der Waals surface area (Å²) in [4.78, 5) is 2.62. The van der Waals surface area contributed by atoms with Crippen LogP contribution in [0.25, 0.3) is 0 Å². The van der Waals surface area contributed by atoms with Gasteiger partial charge in [-0.1, -0.05) is 40.0 Å². The lowest BCUT2D eigenvalue weighted by Crippen LogP contribution is -2.41. The van der Waals surface area contributed by atoms with Crippen molar-refractivity contribution in [1.29, 1.82) is 0 Å². The van der Waals surface area contributed by atoms with Crippen molar-refractivity contribution in [3.8, 4) is 0 Å². The average Bonchev–Trinajstić information content (AvgIpc) is 2.49. The van der Waals surface area contributed by atoms with Gasteiger partial charge >= 0.3 is 0 Å². The zero-order valence-electron chi connectivity index (χ0n) is 13.7. The fourth-order valence-corrected chi connectivity index (χ4v) is 3.97. The predicted octanol–water partition coefficient (Wildman–Crippen LogP) is 4.67. The molecule has 20 heavy (non-hydrogen) atoms. The molecule has 0 spiro atoms. The Balaban J connectivity index is 1.81. The summed E-state index contributed by atoms with van der Waals surface area (Å²) in [5.74, 6) is 0.696. The van der Waals surface area contributed by atoms with Crippen molar-refractivity contribution in [1.82, 2.24) is 4.90 Å². The molecule has 2 aliphatic carbocycles. The summed E-state index contributed by atoms with van der Waals surface area (Å²) < 4.78 is 0. The fraction of sp³-hybridized carbons (Fsp3) is 1.00. The summed E-state index contributed by atoms with van der Waals surface area (Å²) in [6, 6.07) is 1.81. The highest BCUT2D eigenvalue weighted by Crippen LogP contribution is 2.31. The highest BCUT2D eigenvalue weighted by molar-refractivity contribution is 4.86. The molecule has 0 bridgehead atoms. The normalized spacial score (nSPS) is 33.1. The molecule has 0 aromatic heterocycles. The van der Waals surface area contributed by atoms with E-state index in [1.54, 1.807) is 0 Å². The lowest BCUT2D eigenvalue weighted by atomic mass is 9.82. The Morgan fingerprint density at radius 3 is 2.20 bits per heavy atom. The summed E-state index contributed by atoms with van der Waals surface area (Å²) in [6.45, 7) is 9.30. The lowest BCUT2D eigenvalue weighted by molar-refractivity contribution is 0.134. The Bertz CT molecular complexity index is 293. The van der Waals surface area contributed by atoms with Crippen molar-refractivity contribution in [2.45, 2.75) is 90.3 Å². The molecule has 0 saturated heterocycles. The maximum Gasteiger partial charge on any atom is 0.0735 e. The van der Waals surface area contributed by atoms with Gasteiger partial charge in [0.05, 0.1) is 12.1 Å². The van der Waals surface area contributed by atoms with Gasteiger partial charge in [-0.25, -0.2) is 0 Å². The molecule has 0 N–H and O–H groups in total. The zero-order valence-corrected chi connectivity index (χ0v) is 13.7. The fourth-order valence-electron chi connectivity index (χ4n) is 3.97. The summed E-state index contributed by atoms with van der Waals surface area (Å²) in [7, 11) is 0. The third-order valence-electron chi connectivity index (χ3n) is 5.38. The average molecular weight is 279 g/mol. The Kier molecular flexibility index (Phi) is 6.47. The third kappa shape index (κ3) is 4.28. The van der Waals surface area contributed by atoms with Crippen molar-refractivity contribution in [3.05, 3.63) is 0 Å². The standard InChI is InChI=1S/C17H33N3/c1-4-20(5-2)16-11-12-17(14(3)13-16)19-18-15-9-7-6-8-10-15/h14-17H,4-13H2,1-3H3. The van der Waals surface area contributed by atoms with Gasteiger partial charge in [-0.05, 0) is 51.1 Å². The SMILES string of the molecule is CCN(CC)C1CCC(N=NC2CCCCC2)C(C)C1. The van der Waals surface area contributed by atoms with Gasteiger partial charge in [0.2, 0.25) is 0 Å². The van der Waals surface area contributed by atoms with E-state index in [-0.39, 0.29) is 0 Å². The summed E-state index contributed by atoms with van der Waals surface area (Å²) >= 11 is 0. The molecule has 2 rings (SSSR count). The van der Waals surface area contributed by atoms with Crippen LogP contribution in [0, 0.1) is 5.92 Å². The number of azo groups is 1. The van der Waals surface area contributed by atoms with Crippen LogP contribution in [0.5, 0.6) is 0 Å². The first kappa shape index (κ1) is 15.9. The van der Waals surface area contributed by atoms with E-state index in [1.165, 1.54) is 64.5 Å². The van der Waals surface area contributed by atoms with Crippen LogP contribution in [-0.2, 0) is 0 Å². The topological polar surface area (TPSA) is 28.0 Å². The van der Waals surface area contributed by atoms with E-state index in [2.05, 4.69) is 30.8 Å². The largest absolute Gasteiger partial charge is 0.301 e. The van der Waals surface area contributed by atoms with E-state index in [4.69, 9.17) is 5.11 Å². The summed E-state index contributed by atoms with van der Waals surface area (Å²) in [6.07, 6.45) is 10.5. The first-order valence-corrected chi connectivity index (χ1v) is 8.88. The van der Waals surface area contributed by atoms with Gasteiger partial charge in [0.15, 0.2) is 0 Å². The van der Waals surface area contributed by atoms with Gasteiger partial charge in [0.1, 0.15) is 0 Å².